The van der Waals surface area contributed by atoms with Gasteiger partial charge in [-0.1, -0.05) is 12.1 Å². The summed E-state index contributed by atoms with van der Waals surface area (Å²) in [4.78, 5) is 24.3. The lowest BCUT2D eigenvalue weighted by molar-refractivity contribution is -0.122. The molecule has 0 spiro atoms. The summed E-state index contributed by atoms with van der Waals surface area (Å²) in [7, 11) is 0. The molecule has 2 aromatic rings. The number of nitrogens with one attached hydrogen (secondary N) is 2. The minimum absolute atomic E-state index is 0.214. The Labute approximate surface area is 146 Å². The number of ether oxygens (including phenoxy) is 1. The number of halogens is 2. The molecule has 1 aliphatic rings. The lowest BCUT2D eigenvalue weighted by Gasteiger charge is -2.24. The average Bonchev–Trinajstić information content (AvgIpc) is 2.58. The van der Waals surface area contributed by atoms with E-state index in [0.29, 0.717) is 17.6 Å². The van der Waals surface area contributed by atoms with Gasteiger partial charge >= 0.3 is 0 Å². The average molecular weight is 364 g/mol. The number of fused-ring (bicyclic) bond motifs is 1. The van der Waals surface area contributed by atoms with Crippen LogP contribution in [0.5, 0.6) is 5.75 Å². The van der Waals surface area contributed by atoms with Crippen LogP contribution in [0.1, 0.15) is 6.92 Å². The zero-order valence-corrected chi connectivity index (χ0v) is 14.0. The van der Waals surface area contributed by atoms with Gasteiger partial charge in [-0.3, -0.25) is 9.59 Å². The van der Waals surface area contributed by atoms with Crippen LogP contribution in [-0.4, -0.2) is 23.7 Å². The number of amides is 2. The molecule has 3 rings (SSSR count). The Bertz CT molecular complexity index is 845. The number of carbonyl (C=O) groups excluding carboxylic acids is 2. The monoisotopic (exact) mass is 364 g/mol. The fraction of sp³-hybridized carbons (Fsp3) is 0.176. The van der Waals surface area contributed by atoms with E-state index < -0.39 is 29.6 Å². The minimum atomic E-state index is -0.941. The molecule has 0 saturated carbocycles. The zero-order chi connectivity index (χ0) is 18.0. The summed E-state index contributed by atoms with van der Waals surface area (Å²) < 4.78 is 33.2. The van der Waals surface area contributed by atoms with Crippen molar-refractivity contribution in [2.75, 3.05) is 16.4 Å². The van der Waals surface area contributed by atoms with Crippen LogP contribution in [0.4, 0.5) is 20.2 Å². The topological polar surface area (TPSA) is 67.4 Å². The molecule has 1 atom stereocenters. The number of carbonyl (C=O) groups is 2. The van der Waals surface area contributed by atoms with Gasteiger partial charge in [0.1, 0.15) is 17.4 Å². The van der Waals surface area contributed by atoms with Crippen LogP contribution >= 0.6 is 11.8 Å². The summed E-state index contributed by atoms with van der Waals surface area (Å²) in [5.74, 6) is -1.98. The van der Waals surface area contributed by atoms with Crippen molar-refractivity contribution < 1.29 is 23.1 Å². The third-order valence-corrected chi connectivity index (χ3v) is 4.54. The molecule has 0 saturated heterocycles. The van der Waals surface area contributed by atoms with E-state index in [-0.39, 0.29) is 11.4 Å². The fourth-order valence-corrected chi connectivity index (χ4v) is 3.28. The maximum absolute atomic E-state index is 13.9. The second-order valence-electron chi connectivity index (χ2n) is 5.35. The van der Waals surface area contributed by atoms with Gasteiger partial charge in [-0.05, 0) is 18.2 Å². The maximum Gasteiger partial charge on any atom is 0.266 e. The van der Waals surface area contributed by atoms with Crippen LogP contribution in [0.15, 0.2) is 41.3 Å². The third-order valence-electron chi connectivity index (χ3n) is 3.43. The first kappa shape index (κ1) is 17.2. The van der Waals surface area contributed by atoms with Gasteiger partial charge in [0.15, 0.2) is 6.10 Å². The molecule has 1 aliphatic heterocycles. The molecule has 0 aromatic heterocycles. The number of rotatable bonds is 3. The Morgan fingerprint density at radius 2 is 1.80 bits per heavy atom. The van der Waals surface area contributed by atoms with Gasteiger partial charge in [0.2, 0.25) is 5.91 Å². The van der Waals surface area contributed by atoms with Gasteiger partial charge in [-0.2, -0.15) is 0 Å². The summed E-state index contributed by atoms with van der Waals surface area (Å²) >= 11 is 1.46. The lowest BCUT2D eigenvalue weighted by Crippen LogP contribution is -2.37. The van der Waals surface area contributed by atoms with Crippen LogP contribution in [0, 0.1) is 11.6 Å². The predicted molar refractivity (Wildman–Crippen MR) is 90.9 cm³/mol. The third kappa shape index (κ3) is 3.90. The van der Waals surface area contributed by atoms with Crippen LogP contribution in [-0.2, 0) is 9.59 Å². The molecule has 0 radical (unpaired) electrons. The van der Waals surface area contributed by atoms with Crippen molar-refractivity contribution in [1.29, 1.82) is 0 Å². The van der Waals surface area contributed by atoms with Crippen LogP contribution in [0.25, 0.3) is 0 Å². The molecule has 1 heterocycles. The number of thioether (sulfide) groups is 1. The van der Waals surface area contributed by atoms with E-state index in [4.69, 9.17) is 4.74 Å². The Balaban J connectivity index is 1.76. The number of benzene rings is 2. The minimum Gasteiger partial charge on any atom is -0.479 e. The molecule has 2 N–H and O–H groups in total. The second-order valence-corrected chi connectivity index (χ2v) is 6.41. The van der Waals surface area contributed by atoms with Crippen molar-refractivity contribution in [3.63, 3.8) is 0 Å². The van der Waals surface area contributed by atoms with E-state index in [1.807, 2.05) is 12.1 Å². The Hall–Kier alpha value is -2.61. The number of para-hydroxylation sites is 1. The predicted octanol–water partition coefficient (Wildman–Crippen LogP) is 3.42. The Morgan fingerprint density at radius 1 is 1.12 bits per heavy atom. The number of hydrogen-bond acceptors (Lipinski definition) is 4. The summed E-state index contributed by atoms with van der Waals surface area (Å²) in [6.45, 7) is 1.20. The van der Waals surface area contributed by atoms with Crippen molar-refractivity contribution in [3.05, 3.63) is 48.0 Å². The Kier molecular flexibility index (Phi) is 4.89. The summed E-state index contributed by atoms with van der Waals surface area (Å²) in [5, 5.41) is 4.62. The summed E-state index contributed by atoms with van der Waals surface area (Å²) in [6.07, 6.45) is -0.812. The van der Waals surface area contributed by atoms with Crippen molar-refractivity contribution in [3.8, 4) is 5.75 Å². The molecule has 0 aliphatic carbocycles. The Morgan fingerprint density at radius 3 is 2.52 bits per heavy atom. The molecule has 2 amide bonds. The molecular weight excluding hydrogens is 350 g/mol. The van der Waals surface area contributed by atoms with Gasteiger partial charge < -0.3 is 15.4 Å². The molecular formula is C17H14F2N2O3S. The molecule has 130 valence electrons. The van der Waals surface area contributed by atoms with Crippen molar-refractivity contribution in [1.82, 2.24) is 0 Å². The highest BCUT2D eigenvalue weighted by Gasteiger charge is 2.27. The SMILES string of the molecule is CC(=O)Nc1cc(NC(=O)[C@@H]2CSc3ccccc3O2)c(F)cc1F. The van der Waals surface area contributed by atoms with Gasteiger partial charge in [0.05, 0.1) is 11.4 Å². The highest BCUT2D eigenvalue weighted by molar-refractivity contribution is 7.99. The standard InChI is InChI=1S/C17H14F2N2O3S/c1-9(22)20-12-7-13(11(19)6-10(12)18)21-17(23)15-8-25-16-5-3-2-4-14(16)24-15/h2-7,15H,8H2,1H3,(H,20,22)(H,21,23)/t15-/m0/s1. The first-order chi connectivity index (χ1) is 11.9. The second kappa shape index (κ2) is 7.10. The molecule has 5 nitrogen and oxygen atoms in total. The van der Waals surface area contributed by atoms with Gasteiger partial charge in [0.25, 0.3) is 5.91 Å². The first-order valence-electron chi connectivity index (χ1n) is 7.40. The van der Waals surface area contributed by atoms with Crippen molar-refractivity contribution in [2.24, 2.45) is 0 Å². The van der Waals surface area contributed by atoms with E-state index in [0.717, 1.165) is 11.0 Å². The highest BCUT2D eigenvalue weighted by atomic mass is 32.2. The van der Waals surface area contributed by atoms with E-state index >= 15 is 0 Å². The van der Waals surface area contributed by atoms with E-state index in [1.54, 1.807) is 12.1 Å². The molecule has 0 bridgehead atoms. The highest BCUT2D eigenvalue weighted by Crippen LogP contribution is 2.35. The van der Waals surface area contributed by atoms with E-state index in [1.165, 1.54) is 18.7 Å². The summed E-state index contributed by atoms with van der Waals surface area (Å²) in [6, 6.07) is 8.93. The fourth-order valence-electron chi connectivity index (χ4n) is 2.29. The zero-order valence-electron chi connectivity index (χ0n) is 13.1. The largest absolute Gasteiger partial charge is 0.479 e. The van der Waals surface area contributed by atoms with Gasteiger partial charge in [-0.15, -0.1) is 11.8 Å². The normalized spacial score (nSPS) is 15.7. The number of anilines is 2. The molecule has 0 unspecified atom stereocenters. The molecule has 2 aromatic carbocycles. The van der Waals surface area contributed by atoms with E-state index in [2.05, 4.69) is 10.6 Å². The van der Waals surface area contributed by atoms with Crippen LogP contribution in [0.2, 0.25) is 0 Å². The van der Waals surface area contributed by atoms with Gasteiger partial charge in [0, 0.05) is 23.6 Å². The van der Waals surface area contributed by atoms with Crippen molar-refractivity contribution in [2.45, 2.75) is 17.9 Å². The lowest BCUT2D eigenvalue weighted by atomic mass is 10.2. The maximum atomic E-state index is 13.9. The molecule has 25 heavy (non-hydrogen) atoms. The molecule has 0 fully saturated rings. The first-order valence-corrected chi connectivity index (χ1v) is 8.38. The quantitative estimate of drug-likeness (QED) is 0.876. The van der Waals surface area contributed by atoms with Gasteiger partial charge in [-0.25, -0.2) is 8.78 Å². The van der Waals surface area contributed by atoms with Crippen LogP contribution in [0.3, 0.4) is 0 Å². The van der Waals surface area contributed by atoms with E-state index in [9.17, 15) is 18.4 Å². The summed E-state index contributed by atoms with van der Waals surface area (Å²) in [5.41, 5.74) is -0.448. The van der Waals surface area contributed by atoms with Crippen LogP contribution < -0.4 is 15.4 Å². The van der Waals surface area contributed by atoms with Crippen molar-refractivity contribution >= 4 is 35.0 Å². The smallest absolute Gasteiger partial charge is 0.266 e. The number of hydrogen-bond donors (Lipinski definition) is 2. The molecule has 8 heteroatoms.